The van der Waals surface area contributed by atoms with Crippen LogP contribution in [0.1, 0.15) is 24.2 Å². The van der Waals surface area contributed by atoms with Crippen LogP contribution in [0.5, 0.6) is 5.75 Å². The van der Waals surface area contributed by atoms with Crippen molar-refractivity contribution in [2.45, 2.75) is 13.8 Å². The zero-order valence-electron chi connectivity index (χ0n) is 10.2. The van der Waals surface area contributed by atoms with Crippen LogP contribution in [0, 0.1) is 5.41 Å². The number of hydrogen-bond donors (Lipinski definition) is 0. The van der Waals surface area contributed by atoms with Crippen molar-refractivity contribution in [3.05, 3.63) is 29.8 Å². The van der Waals surface area contributed by atoms with Crippen LogP contribution in [0.15, 0.2) is 24.3 Å². The normalized spacial score (nSPS) is 11.0. The molecule has 0 atom stereocenters. The molecular formula is C13H16O4. The Morgan fingerprint density at radius 2 is 1.88 bits per heavy atom. The van der Waals surface area contributed by atoms with Crippen molar-refractivity contribution in [2.24, 2.45) is 5.41 Å². The number of carbonyl (C=O) groups excluding carboxylic acids is 2. The van der Waals surface area contributed by atoms with Crippen molar-refractivity contribution in [1.82, 2.24) is 0 Å². The van der Waals surface area contributed by atoms with Crippen LogP contribution < -0.4 is 4.74 Å². The van der Waals surface area contributed by atoms with Crippen molar-refractivity contribution >= 4 is 12.3 Å². The van der Waals surface area contributed by atoms with Crippen molar-refractivity contribution in [1.29, 1.82) is 0 Å². The lowest BCUT2D eigenvalue weighted by Gasteiger charge is -2.21. The lowest BCUT2D eigenvalue weighted by atomic mass is 9.95. The van der Waals surface area contributed by atoms with Gasteiger partial charge in [-0.15, -0.1) is 0 Å². The second kappa shape index (κ2) is 5.59. The van der Waals surface area contributed by atoms with Gasteiger partial charge < -0.3 is 9.47 Å². The molecule has 0 aliphatic heterocycles. The molecule has 0 fully saturated rings. The van der Waals surface area contributed by atoms with E-state index in [0.29, 0.717) is 11.3 Å². The van der Waals surface area contributed by atoms with E-state index in [1.165, 1.54) is 7.11 Å². The topological polar surface area (TPSA) is 52.6 Å². The third-order valence-corrected chi connectivity index (χ3v) is 2.28. The minimum atomic E-state index is -0.696. The minimum Gasteiger partial charge on any atom is -0.426 e. The summed E-state index contributed by atoms with van der Waals surface area (Å²) < 4.78 is 10.2. The molecule has 92 valence electrons. The Kier molecular flexibility index (Phi) is 4.40. The molecule has 0 bridgehead atoms. The van der Waals surface area contributed by atoms with E-state index in [4.69, 9.17) is 9.47 Å². The highest BCUT2D eigenvalue weighted by Gasteiger charge is 2.29. The maximum absolute atomic E-state index is 11.8. The zero-order valence-corrected chi connectivity index (χ0v) is 10.2. The van der Waals surface area contributed by atoms with E-state index >= 15 is 0 Å². The molecule has 1 aromatic rings. The van der Waals surface area contributed by atoms with Crippen LogP contribution in [0.2, 0.25) is 0 Å². The molecule has 0 heterocycles. The first-order valence-electron chi connectivity index (χ1n) is 5.26. The van der Waals surface area contributed by atoms with Gasteiger partial charge >= 0.3 is 5.97 Å². The van der Waals surface area contributed by atoms with E-state index < -0.39 is 5.41 Å². The summed E-state index contributed by atoms with van der Waals surface area (Å²) in [7, 11) is 1.54. The maximum Gasteiger partial charge on any atom is 0.319 e. The van der Waals surface area contributed by atoms with Crippen molar-refractivity contribution < 1.29 is 19.1 Å². The summed E-state index contributed by atoms with van der Waals surface area (Å²) in [6.07, 6.45) is 0.737. The summed E-state index contributed by atoms with van der Waals surface area (Å²) in [6.45, 7) is 3.79. The standard InChI is InChI=1S/C13H16O4/c1-13(2,9-16-3)12(15)17-11-6-4-10(8-14)5-7-11/h4-8H,9H2,1-3H3. The molecule has 0 saturated carbocycles. The Morgan fingerprint density at radius 3 is 2.35 bits per heavy atom. The van der Waals surface area contributed by atoms with Gasteiger partial charge in [-0.2, -0.15) is 0 Å². The first-order chi connectivity index (χ1) is 7.99. The molecule has 0 unspecified atom stereocenters. The number of esters is 1. The van der Waals surface area contributed by atoms with Gasteiger partial charge in [-0.05, 0) is 38.1 Å². The number of aldehydes is 1. The fourth-order valence-electron chi connectivity index (χ4n) is 1.28. The number of rotatable bonds is 5. The molecule has 1 aromatic carbocycles. The third-order valence-electron chi connectivity index (χ3n) is 2.28. The molecule has 4 nitrogen and oxygen atoms in total. The van der Waals surface area contributed by atoms with Crippen LogP contribution in [-0.4, -0.2) is 26.0 Å². The highest BCUT2D eigenvalue weighted by molar-refractivity contribution is 5.79. The van der Waals surface area contributed by atoms with Crippen LogP contribution in [-0.2, 0) is 9.53 Å². The average Bonchev–Trinajstić information content (AvgIpc) is 2.30. The Hall–Kier alpha value is -1.68. The second-order valence-electron chi connectivity index (χ2n) is 4.39. The van der Waals surface area contributed by atoms with E-state index in [-0.39, 0.29) is 12.6 Å². The third kappa shape index (κ3) is 3.67. The molecule has 0 aromatic heterocycles. The van der Waals surface area contributed by atoms with Gasteiger partial charge in [0.05, 0.1) is 12.0 Å². The molecule has 0 amide bonds. The smallest absolute Gasteiger partial charge is 0.319 e. The molecule has 17 heavy (non-hydrogen) atoms. The first-order valence-corrected chi connectivity index (χ1v) is 5.26. The molecule has 0 spiro atoms. The predicted octanol–water partition coefficient (Wildman–Crippen LogP) is 2.08. The minimum absolute atomic E-state index is 0.290. The summed E-state index contributed by atoms with van der Waals surface area (Å²) in [6, 6.07) is 6.37. The number of hydrogen-bond acceptors (Lipinski definition) is 4. The fourth-order valence-corrected chi connectivity index (χ4v) is 1.28. The molecule has 1 rings (SSSR count). The van der Waals surface area contributed by atoms with Crippen molar-refractivity contribution in [2.75, 3.05) is 13.7 Å². The van der Waals surface area contributed by atoms with Crippen LogP contribution in [0.3, 0.4) is 0 Å². The highest BCUT2D eigenvalue weighted by Crippen LogP contribution is 2.20. The number of benzene rings is 1. The van der Waals surface area contributed by atoms with Gasteiger partial charge in [0.1, 0.15) is 12.0 Å². The van der Waals surface area contributed by atoms with Gasteiger partial charge in [0.2, 0.25) is 0 Å². The quantitative estimate of drug-likeness (QED) is 0.446. The van der Waals surface area contributed by atoms with Gasteiger partial charge in [-0.3, -0.25) is 9.59 Å². The predicted molar refractivity (Wildman–Crippen MR) is 63.1 cm³/mol. The van der Waals surface area contributed by atoms with E-state index in [1.807, 2.05) is 0 Å². The first kappa shape index (κ1) is 13.4. The summed E-state index contributed by atoms with van der Waals surface area (Å²) in [4.78, 5) is 22.3. The van der Waals surface area contributed by atoms with E-state index in [1.54, 1.807) is 38.1 Å². The number of ether oxygens (including phenoxy) is 2. The number of carbonyl (C=O) groups is 2. The average molecular weight is 236 g/mol. The molecule has 0 N–H and O–H groups in total. The Morgan fingerprint density at radius 1 is 1.29 bits per heavy atom. The summed E-state index contributed by atoms with van der Waals surface area (Å²) in [5, 5.41) is 0. The Balaban J connectivity index is 2.70. The van der Waals surface area contributed by atoms with Gasteiger partial charge in [-0.25, -0.2) is 0 Å². The summed E-state index contributed by atoms with van der Waals surface area (Å²) >= 11 is 0. The molecule has 0 saturated heterocycles. The lowest BCUT2D eigenvalue weighted by Crippen LogP contribution is -2.33. The van der Waals surface area contributed by atoms with Gasteiger partial charge in [0.25, 0.3) is 0 Å². The van der Waals surface area contributed by atoms with Gasteiger partial charge in [0, 0.05) is 12.7 Å². The fraction of sp³-hybridized carbons (Fsp3) is 0.385. The second-order valence-corrected chi connectivity index (χ2v) is 4.39. The van der Waals surface area contributed by atoms with Crippen molar-refractivity contribution in [3.63, 3.8) is 0 Å². The maximum atomic E-state index is 11.8. The SMILES string of the molecule is COCC(C)(C)C(=O)Oc1ccc(C=O)cc1. The highest BCUT2D eigenvalue weighted by atomic mass is 16.5. The Labute approximate surface area is 101 Å². The molecular weight excluding hydrogens is 220 g/mol. The largest absolute Gasteiger partial charge is 0.426 e. The van der Waals surface area contributed by atoms with Crippen LogP contribution in [0.25, 0.3) is 0 Å². The zero-order chi connectivity index (χ0) is 12.9. The van der Waals surface area contributed by atoms with Crippen molar-refractivity contribution in [3.8, 4) is 5.75 Å². The summed E-state index contributed by atoms with van der Waals surface area (Å²) in [5.74, 6) is 0.0583. The Bertz CT molecular complexity index is 392. The van der Waals surface area contributed by atoms with E-state index in [2.05, 4.69) is 0 Å². The van der Waals surface area contributed by atoms with Crippen LogP contribution in [0.4, 0.5) is 0 Å². The monoisotopic (exact) mass is 236 g/mol. The molecule has 0 aliphatic rings. The molecule has 4 heteroatoms. The number of methoxy groups -OCH3 is 1. The molecule has 0 radical (unpaired) electrons. The van der Waals surface area contributed by atoms with E-state index in [9.17, 15) is 9.59 Å². The molecule has 0 aliphatic carbocycles. The van der Waals surface area contributed by atoms with Gasteiger partial charge in [0.15, 0.2) is 0 Å². The lowest BCUT2D eigenvalue weighted by molar-refractivity contribution is -0.146. The summed E-state index contributed by atoms with van der Waals surface area (Å²) in [5.41, 5.74) is -0.154. The van der Waals surface area contributed by atoms with E-state index in [0.717, 1.165) is 6.29 Å². The van der Waals surface area contributed by atoms with Gasteiger partial charge in [-0.1, -0.05) is 0 Å². The van der Waals surface area contributed by atoms with Crippen LogP contribution >= 0.6 is 0 Å².